The summed E-state index contributed by atoms with van der Waals surface area (Å²) in [5, 5.41) is 20.9. The van der Waals surface area contributed by atoms with Gasteiger partial charge in [0.05, 0.1) is 13.2 Å². The van der Waals surface area contributed by atoms with Crippen LogP contribution in [0.4, 0.5) is 5.82 Å². The molecule has 2 rings (SSSR count). The van der Waals surface area contributed by atoms with Crippen LogP contribution in [0.5, 0.6) is 0 Å². The number of nitrogens with two attached hydrogens (primary N) is 1. The Kier molecular flexibility index (Phi) is 36.4. The molecule has 18 nitrogen and oxygen atoms in total. The molecule has 1 aromatic heterocycles. The molecule has 1 saturated heterocycles. The molecule has 0 aliphatic carbocycles. The molecule has 0 aromatic carbocycles. The molecule has 3 unspecified atom stereocenters. The Bertz CT molecular complexity index is 1850. The fraction of sp³-hybridized carbons (Fsp3) is 0.769. The molecule has 0 saturated carbocycles. The maximum absolute atomic E-state index is 12.9. The fourth-order valence-electron chi connectivity index (χ4n) is 8.03. The number of rotatable bonds is 45. The third kappa shape index (κ3) is 32.3. The number of ether oxygens (including phenoxy) is 3. The van der Waals surface area contributed by atoms with E-state index in [9.17, 15) is 43.5 Å². The number of hydrogen-bond acceptors (Lipinski definition) is 15. The zero-order chi connectivity index (χ0) is 52.7. The summed E-state index contributed by atoms with van der Waals surface area (Å²) in [5.74, 6) is -1.30. The van der Waals surface area contributed by atoms with Crippen molar-refractivity contribution in [3.63, 3.8) is 0 Å². The van der Waals surface area contributed by atoms with Crippen LogP contribution < -0.4 is 11.4 Å². The number of anilines is 1. The van der Waals surface area contributed by atoms with Crippen molar-refractivity contribution < 1.29 is 66.3 Å². The van der Waals surface area contributed by atoms with Crippen LogP contribution in [0.25, 0.3) is 0 Å². The van der Waals surface area contributed by atoms with Gasteiger partial charge in [0.2, 0.25) is 0 Å². The lowest BCUT2D eigenvalue weighted by atomic mass is 10.0. The highest BCUT2D eigenvalue weighted by Crippen LogP contribution is 2.60. The van der Waals surface area contributed by atoms with Crippen molar-refractivity contribution in [2.75, 3.05) is 25.6 Å². The Morgan fingerprint density at radius 3 is 1.67 bits per heavy atom. The average molecular weight is 1060 g/mol. The summed E-state index contributed by atoms with van der Waals surface area (Å²) in [5.41, 5.74) is 4.59. The molecule has 6 N–H and O–H groups in total. The van der Waals surface area contributed by atoms with Crippen molar-refractivity contribution in [2.45, 2.75) is 237 Å². The molecule has 1 fully saturated rings. The molecule has 0 amide bonds. The Morgan fingerprint density at radius 2 is 1.12 bits per heavy atom. The van der Waals surface area contributed by atoms with Gasteiger partial charge in [-0.1, -0.05) is 179 Å². The van der Waals surface area contributed by atoms with Gasteiger partial charge in [0.15, 0.2) is 12.3 Å². The van der Waals surface area contributed by atoms with Crippen molar-refractivity contribution in [3.05, 3.63) is 59.2 Å². The monoisotopic (exact) mass is 1060 g/mol. The molecule has 72 heavy (non-hydrogen) atoms. The highest BCUT2D eigenvalue weighted by atomic mass is 31.3. The van der Waals surface area contributed by atoms with E-state index in [0.717, 1.165) is 88.0 Å². The van der Waals surface area contributed by atoms with Gasteiger partial charge in [0, 0.05) is 19.0 Å². The number of nitrogen functional groups attached to an aromatic ring is 1. The number of hydrogen-bond donors (Lipinski definition) is 5. The summed E-state index contributed by atoms with van der Waals surface area (Å²) in [6, 6.07) is 1.25. The number of allylic oxidation sites excluding steroid dienone is 6. The predicted molar refractivity (Wildman–Crippen MR) is 280 cm³/mol. The summed E-state index contributed by atoms with van der Waals surface area (Å²) in [4.78, 5) is 62.0. The highest BCUT2D eigenvalue weighted by Gasteiger charge is 2.46. The molecule has 7 atom stereocenters. The SMILES string of the molecule is CCCCC/C=C\C/C=C\C/C=C\CCCCCCCCC(=O)O[C@H](COC(=O)CCCCCCCCCCCCCCCCC)COP(=O)(O)OP(=O)(O)OC[C@H]1O[C@@H](n2ccc(N)nc2=O)C(O)[C@H]1O. The number of esters is 2. The van der Waals surface area contributed by atoms with Gasteiger partial charge in [-0.15, -0.1) is 0 Å². The molecular formula is C52H91N3O15P2. The van der Waals surface area contributed by atoms with E-state index in [1.54, 1.807) is 0 Å². The molecule has 2 heterocycles. The minimum absolute atomic E-state index is 0.0373. The highest BCUT2D eigenvalue weighted by molar-refractivity contribution is 7.61. The first-order chi connectivity index (χ1) is 34.7. The first kappa shape index (κ1) is 65.1. The number of carbonyl (C=O) groups excluding carboxylic acids is 2. The first-order valence-corrected chi connectivity index (χ1v) is 30.0. The van der Waals surface area contributed by atoms with E-state index >= 15 is 0 Å². The Hall–Kier alpha value is -3.02. The fourth-order valence-corrected chi connectivity index (χ4v) is 10.1. The van der Waals surface area contributed by atoms with E-state index in [-0.39, 0.29) is 18.7 Å². The van der Waals surface area contributed by atoms with Crippen molar-refractivity contribution >= 4 is 33.4 Å². The van der Waals surface area contributed by atoms with Gasteiger partial charge < -0.3 is 39.9 Å². The number of aromatic nitrogens is 2. The maximum Gasteiger partial charge on any atom is 0.481 e. The zero-order valence-electron chi connectivity index (χ0n) is 43.5. The lowest BCUT2D eigenvalue weighted by molar-refractivity contribution is -0.161. The summed E-state index contributed by atoms with van der Waals surface area (Å²) < 4.78 is 56.9. The van der Waals surface area contributed by atoms with Crippen molar-refractivity contribution in [2.24, 2.45) is 0 Å². The number of nitrogens with zero attached hydrogens (tertiary/aromatic N) is 2. The minimum atomic E-state index is -5.43. The van der Waals surface area contributed by atoms with Gasteiger partial charge in [-0.2, -0.15) is 9.29 Å². The molecule has 0 bridgehead atoms. The van der Waals surface area contributed by atoms with Gasteiger partial charge >= 0.3 is 33.3 Å². The second-order valence-electron chi connectivity index (χ2n) is 18.7. The molecule has 1 aromatic rings. The van der Waals surface area contributed by atoms with Gasteiger partial charge in [-0.3, -0.25) is 23.2 Å². The molecular weight excluding hydrogens is 969 g/mol. The predicted octanol–water partition coefficient (Wildman–Crippen LogP) is 11.6. The topological polar surface area (TPSA) is 265 Å². The number of aliphatic hydroxyl groups excluding tert-OH is 2. The van der Waals surface area contributed by atoms with Gasteiger partial charge in [0.1, 0.15) is 30.7 Å². The normalized spacial score (nSPS) is 19.3. The van der Waals surface area contributed by atoms with Gasteiger partial charge in [-0.05, 0) is 57.4 Å². The molecule has 0 spiro atoms. The number of phosphoric acid groups is 2. The number of carbonyl (C=O) groups is 2. The van der Waals surface area contributed by atoms with Crippen LogP contribution in [0.2, 0.25) is 0 Å². The molecule has 1 aliphatic heterocycles. The lowest BCUT2D eigenvalue weighted by Crippen LogP contribution is -2.36. The van der Waals surface area contributed by atoms with Crippen LogP contribution in [0.3, 0.4) is 0 Å². The number of aliphatic hydroxyl groups is 2. The minimum Gasteiger partial charge on any atom is -0.462 e. The van der Waals surface area contributed by atoms with E-state index in [1.807, 2.05) is 0 Å². The molecule has 1 aliphatic rings. The van der Waals surface area contributed by atoms with E-state index in [2.05, 4.69) is 59.6 Å². The van der Waals surface area contributed by atoms with Gasteiger partial charge in [0.25, 0.3) is 0 Å². The van der Waals surface area contributed by atoms with Crippen LogP contribution in [0.1, 0.15) is 213 Å². The third-order valence-corrected chi connectivity index (χ3v) is 14.8. The quantitative estimate of drug-likeness (QED) is 0.0176. The van der Waals surface area contributed by atoms with E-state index in [1.165, 1.54) is 95.7 Å². The Labute approximate surface area is 429 Å². The van der Waals surface area contributed by atoms with Crippen LogP contribution in [-0.4, -0.2) is 85.7 Å². The lowest BCUT2D eigenvalue weighted by Gasteiger charge is -2.21. The second kappa shape index (κ2) is 40.3. The van der Waals surface area contributed by atoms with Crippen molar-refractivity contribution in [1.29, 1.82) is 0 Å². The average Bonchev–Trinajstić information content (AvgIpc) is 3.62. The Morgan fingerprint density at radius 1 is 0.667 bits per heavy atom. The zero-order valence-corrected chi connectivity index (χ0v) is 45.3. The van der Waals surface area contributed by atoms with E-state index in [4.69, 9.17) is 29.0 Å². The van der Waals surface area contributed by atoms with Crippen LogP contribution >= 0.6 is 15.6 Å². The molecule has 414 valence electrons. The van der Waals surface area contributed by atoms with Crippen LogP contribution in [0, 0.1) is 0 Å². The summed E-state index contributed by atoms with van der Waals surface area (Å²) in [7, 11) is -10.8. The summed E-state index contributed by atoms with van der Waals surface area (Å²) >= 11 is 0. The van der Waals surface area contributed by atoms with Crippen molar-refractivity contribution in [1.82, 2.24) is 9.55 Å². The number of phosphoric ester groups is 2. The Balaban J connectivity index is 1.78. The van der Waals surface area contributed by atoms with Gasteiger partial charge in [-0.25, -0.2) is 13.9 Å². The smallest absolute Gasteiger partial charge is 0.462 e. The largest absolute Gasteiger partial charge is 0.481 e. The van der Waals surface area contributed by atoms with E-state index in [0.29, 0.717) is 12.8 Å². The molecule has 0 radical (unpaired) electrons. The molecule has 20 heteroatoms. The second-order valence-corrected chi connectivity index (χ2v) is 21.8. The number of unbranched alkanes of at least 4 members (excludes halogenated alkanes) is 23. The van der Waals surface area contributed by atoms with Crippen LogP contribution in [0.15, 0.2) is 53.5 Å². The first-order valence-electron chi connectivity index (χ1n) is 27.0. The summed E-state index contributed by atoms with van der Waals surface area (Å²) in [6.07, 6.45) is 37.8. The maximum atomic E-state index is 12.9. The summed E-state index contributed by atoms with van der Waals surface area (Å²) in [6.45, 7) is 2.14. The van der Waals surface area contributed by atoms with Crippen molar-refractivity contribution in [3.8, 4) is 0 Å². The van der Waals surface area contributed by atoms with Crippen LogP contribution in [-0.2, 0) is 46.3 Å². The van der Waals surface area contributed by atoms with E-state index < -0.39 is 83.7 Å². The standard InChI is InChI=1S/C52H91N3O15P2/c1-3-5-7-9-11-13-15-17-19-20-21-22-24-26-28-30-32-34-36-38-48(57)68-44(41-65-47(56)37-35-33-31-29-27-25-23-18-16-14-12-10-8-6-4-2)42-66-71(61,62)70-72(63,64)67-43-45-49(58)50(59)51(69-45)55-40-39-46(53)54-52(55)60/h11,13,17,19,21-22,39-40,44-45,49-51,58-59H,3-10,12,14-16,18,20,23-38,41-43H2,1-2H3,(H,61,62)(H,63,64)(H2,53,54,60)/b13-11-,19-17-,22-21-/t44-,45-,49+,50?,51-/m1/s1. The third-order valence-electron chi connectivity index (χ3n) is 12.2.